The maximum Gasteiger partial charge on any atom is 0.416 e. The van der Waals surface area contributed by atoms with E-state index in [0.717, 1.165) is 6.07 Å². The fraction of sp³-hybridized carbons (Fsp3) is 0.609. The molecule has 1 saturated heterocycles. The van der Waals surface area contributed by atoms with Crippen LogP contribution in [0.1, 0.15) is 54.4 Å². The largest absolute Gasteiger partial charge is 0.416 e. The second-order valence-electron chi connectivity index (χ2n) is 9.82. The average molecular weight is 604 g/mol. The van der Waals surface area contributed by atoms with E-state index in [1.54, 1.807) is 0 Å². The number of benzene rings is 1. The number of alkyl halides is 5. The summed E-state index contributed by atoms with van der Waals surface area (Å²) in [6.45, 7) is 0.568. The molecule has 4 rings (SSSR count). The van der Waals surface area contributed by atoms with Crippen molar-refractivity contribution in [2.45, 2.75) is 61.2 Å². The van der Waals surface area contributed by atoms with E-state index < -0.39 is 63.2 Å². The van der Waals surface area contributed by atoms with Crippen LogP contribution in [0.3, 0.4) is 0 Å². The number of piperazine rings is 1. The average Bonchev–Trinajstić information content (AvgIpc) is 3.30. The summed E-state index contributed by atoms with van der Waals surface area (Å²) in [6.07, 6.45) is -4.42. The van der Waals surface area contributed by atoms with Crippen LogP contribution in [0, 0.1) is 5.82 Å². The normalized spacial score (nSPS) is 20.4. The van der Waals surface area contributed by atoms with Crippen LogP contribution in [0.15, 0.2) is 29.4 Å². The Hall–Kier alpha value is -2.23. The van der Waals surface area contributed by atoms with E-state index in [9.17, 15) is 39.6 Å². The molecular formula is C23H28ClF6N5O3S. The minimum absolute atomic E-state index is 0. The number of Topliss-reactive ketones (excluding diaryl/α,β-unsaturated/α-hetero) is 1. The summed E-state index contributed by atoms with van der Waals surface area (Å²) in [6, 6.07) is 1.68. The Morgan fingerprint density at radius 1 is 1.05 bits per heavy atom. The van der Waals surface area contributed by atoms with Gasteiger partial charge in [-0.05, 0) is 37.5 Å². The van der Waals surface area contributed by atoms with Crippen molar-refractivity contribution >= 4 is 28.2 Å². The number of aromatic nitrogens is 3. The molecule has 0 amide bonds. The van der Waals surface area contributed by atoms with Gasteiger partial charge in [0, 0.05) is 58.0 Å². The first-order chi connectivity index (χ1) is 17.6. The van der Waals surface area contributed by atoms with Crippen LogP contribution in [0.5, 0.6) is 0 Å². The molecule has 0 atom stereocenters. The smallest absolute Gasteiger partial charge is 0.295 e. The highest BCUT2D eigenvalue weighted by Crippen LogP contribution is 2.44. The molecule has 39 heavy (non-hydrogen) atoms. The molecule has 0 N–H and O–H groups in total. The Kier molecular flexibility index (Phi) is 9.10. The Labute approximate surface area is 227 Å². The predicted octanol–water partition coefficient (Wildman–Crippen LogP) is 4.31. The Bertz CT molecular complexity index is 1290. The lowest BCUT2D eigenvalue weighted by molar-refractivity contribution is -0.137. The summed E-state index contributed by atoms with van der Waals surface area (Å²) in [5.41, 5.74) is -2.57. The van der Waals surface area contributed by atoms with Crippen molar-refractivity contribution in [1.29, 1.82) is 0 Å². The Morgan fingerprint density at radius 2 is 1.67 bits per heavy atom. The standard InChI is InChI=1S/C23H27F6N5O3S.ClH/c1-32-15-20(30-31-32)38(36,37)34-12-10-33(11-13-34)21(6-8-22(25,26)9-7-21)5-4-19(35)17-3-2-16(14-18(17)24)23(27,28)29;/h2-3,14-15H,4-13H2,1H3;1H. The SMILES string of the molecule is Cl.Cn1cc(S(=O)(=O)N2CCN(C3(CCC(=O)c4ccc(C(F)(F)F)cc4F)CCC(F)(F)CC3)CC2)nn1. The van der Waals surface area contributed by atoms with Crippen LogP contribution < -0.4 is 0 Å². The molecule has 2 aliphatic rings. The van der Waals surface area contributed by atoms with Gasteiger partial charge in [0.15, 0.2) is 5.78 Å². The molecule has 1 saturated carbocycles. The molecule has 0 spiro atoms. The second kappa shape index (κ2) is 11.3. The number of rotatable bonds is 7. The first-order valence-electron chi connectivity index (χ1n) is 12.0. The van der Waals surface area contributed by atoms with Crippen LogP contribution in [0.25, 0.3) is 0 Å². The van der Waals surface area contributed by atoms with Crippen LogP contribution >= 0.6 is 12.4 Å². The van der Waals surface area contributed by atoms with Gasteiger partial charge in [0.1, 0.15) is 5.82 Å². The molecule has 1 aliphatic carbocycles. The van der Waals surface area contributed by atoms with E-state index in [1.807, 2.05) is 4.90 Å². The van der Waals surface area contributed by atoms with Crippen LogP contribution in [0.2, 0.25) is 0 Å². The molecule has 1 aromatic heterocycles. The Morgan fingerprint density at radius 3 is 2.18 bits per heavy atom. The molecule has 0 bridgehead atoms. The van der Waals surface area contributed by atoms with Gasteiger partial charge >= 0.3 is 6.18 Å². The van der Waals surface area contributed by atoms with Gasteiger partial charge in [-0.3, -0.25) is 14.4 Å². The van der Waals surface area contributed by atoms with E-state index >= 15 is 0 Å². The number of carbonyl (C=O) groups is 1. The summed E-state index contributed by atoms with van der Waals surface area (Å²) >= 11 is 0. The van der Waals surface area contributed by atoms with Crippen molar-refractivity contribution in [1.82, 2.24) is 24.2 Å². The van der Waals surface area contributed by atoms with Crippen molar-refractivity contribution in [3.05, 3.63) is 41.3 Å². The maximum absolute atomic E-state index is 14.3. The molecule has 0 radical (unpaired) electrons. The van der Waals surface area contributed by atoms with Crippen molar-refractivity contribution in [2.24, 2.45) is 7.05 Å². The molecule has 0 unspecified atom stereocenters. The molecule has 2 aromatic rings. The highest BCUT2D eigenvalue weighted by atomic mass is 35.5. The lowest BCUT2D eigenvalue weighted by Crippen LogP contribution is -2.59. The van der Waals surface area contributed by atoms with E-state index in [0.29, 0.717) is 6.07 Å². The zero-order chi connectivity index (χ0) is 27.9. The second-order valence-corrected chi connectivity index (χ2v) is 11.7. The highest BCUT2D eigenvalue weighted by Gasteiger charge is 2.48. The number of nitrogens with zero attached hydrogens (tertiary/aromatic N) is 5. The van der Waals surface area contributed by atoms with Gasteiger partial charge in [-0.15, -0.1) is 17.5 Å². The summed E-state index contributed by atoms with van der Waals surface area (Å²) in [7, 11) is -2.37. The third kappa shape index (κ3) is 6.74. The number of hydrogen-bond donors (Lipinski definition) is 0. The van der Waals surface area contributed by atoms with E-state index in [1.165, 1.54) is 22.2 Å². The number of hydrogen-bond acceptors (Lipinski definition) is 6. The summed E-state index contributed by atoms with van der Waals surface area (Å²) in [5.74, 6) is -4.89. The van der Waals surface area contributed by atoms with Gasteiger partial charge < -0.3 is 0 Å². The van der Waals surface area contributed by atoms with Crippen LogP contribution in [0.4, 0.5) is 26.3 Å². The Balaban J connectivity index is 0.00000420. The molecule has 16 heteroatoms. The quantitative estimate of drug-likeness (QED) is 0.346. The predicted molar refractivity (Wildman–Crippen MR) is 130 cm³/mol. The number of sulfonamides is 1. The van der Waals surface area contributed by atoms with E-state index in [-0.39, 0.29) is 75.4 Å². The van der Waals surface area contributed by atoms with Crippen molar-refractivity contribution in [3.8, 4) is 0 Å². The molecule has 1 aliphatic heterocycles. The lowest BCUT2D eigenvalue weighted by atomic mass is 9.74. The lowest BCUT2D eigenvalue weighted by Gasteiger charge is -2.50. The third-order valence-corrected chi connectivity index (χ3v) is 9.18. The molecule has 2 heterocycles. The molecule has 218 valence electrons. The zero-order valence-corrected chi connectivity index (χ0v) is 22.6. The van der Waals surface area contributed by atoms with Crippen molar-refractivity contribution in [2.75, 3.05) is 26.2 Å². The molecular weight excluding hydrogens is 576 g/mol. The maximum atomic E-state index is 14.3. The van der Waals surface area contributed by atoms with Gasteiger partial charge in [0.25, 0.3) is 10.0 Å². The van der Waals surface area contributed by atoms with E-state index in [4.69, 9.17) is 0 Å². The first kappa shape index (κ1) is 31.3. The van der Waals surface area contributed by atoms with Crippen molar-refractivity contribution < 1.29 is 39.6 Å². The van der Waals surface area contributed by atoms with Gasteiger partial charge in [-0.25, -0.2) is 21.6 Å². The van der Waals surface area contributed by atoms with E-state index in [2.05, 4.69) is 10.3 Å². The third-order valence-electron chi connectivity index (χ3n) is 7.42. The monoisotopic (exact) mass is 603 g/mol. The fourth-order valence-corrected chi connectivity index (χ4v) is 6.52. The molecule has 2 fully saturated rings. The first-order valence-corrected chi connectivity index (χ1v) is 13.5. The van der Waals surface area contributed by atoms with Crippen LogP contribution in [-0.2, 0) is 23.2 Å². The van der Waals surface area contributed by atoms with Gasteiger partial charge in [0.05, 0.1) is 17.3 Å². The summed E-state index contributed by atoms with van der Waals surface area (Å²) < 4.78 is 109. The number of aryl methyl sites for hydroxylation is 1. The van der Waals surface area contributed by atoms with Crippen molar-refractivity contribution in [3.63, 3.8) is 0 Å². The number of ketones is 1. The fourth-order valence-electron chi connectivity index (χ4n) is 5.18. The van der Waals surface area contributed by atoms with Gasteiger partial charge in [-0.2, -0.15) is 17.5 Å². The van der Waals surface area contributed by atoms with Crippen LogP contribution in [-0.4, -0.2) is 76.0 Å². The topological polar surface area (TPSA) is 88.4 Å². The minimum Gasteiger partial charge on any atom is -0.295 e. The van der Waals surface area contributed by atoms with Gasteiger partial charge in [0.2, 0.25) is 10.9 Å². The number of carbonyl (C=O) groups excluding carboxylic acids is 1. The highest BCUT2D eigenvalue weighted by molar-refractivity contribution is 7.89. The zero-order valence-electron chi connectivity index (χ0n) is 20.9. The number of halogens is 7. The van der Waals surface area contributed by atoms with Gasteiger partial charge in [-0.1, -0.05) is 5.21 Å². The molecule has 1 aromatic carbocycles. The summed E-state index contributed by atoms with van der Waals surface area (Å²) in [4.78, 5) is 14.7. The molecule has 8 nitrogen and oxygen atoms in total. The minimum atomic E-state index is -4.76. The summed E-state index contributed by atoms with van der Waals surface area (Å²) in [5, 5.41) is 7.10.